The molecule has 0 radical (unpaired) electrons. The Morgan fingerprint density at radius 1 is 1.07 bits per heavy atom. The van der Waals surface area contributed by atoms with Crippen LogP contribution in [0.15, 0.2) is 48.7 Å². The Hall–Kier alpha value is -2.44. The molecule has 2 aromatic rings. The van der Waals surface area contributed by atoms with E-state index in [1.54, 1.807) is 6.20 Å². The summed E-state index contributed by atoms with van der Waals surface area (Å²) < 4.78 is 0. The molecular formula is C24H32N4O2. The smallest absolute Gasteiger partial charge is 0.225 e. The minimum absolute atomic E-state index is 0.124. The van der Waals surface area contributed by atoms with Gasteiger partial charge in [0, 0.05) is 31.7 Å². The molecule has 6 heteroatoms. The van der Waals surface area contributed by atoms with Gasteiger partial charge in [0.2, 0.25) is 5.91 Å². The van der Waals surface area contributed by atoms with Crippen LogP contribution in [0.25, 0.3) is 0 Å². The number of rotatable bonds is 5. The Balaban J connectivity index is 1.23. The highest BCUT2D eigenvalue weighted by Gasteiger charge is 2.32. The molecule has 1 aromatic heterocycles. The van der Waals surface area contributed by atoms with Crippen LogP contribution in [0.5, 0.6) is 0 Å². The summed E-state index contributed by atoms with van der Waals surface area (Å²) in [6.45, 7) is 4.23. The summed E-state index contributed by atoms with van der Waals surface area (Å²) in [5.41, 5.74) is 7.92. The number of piperidine rings is 2. The molecular weight excluding hydrogens is 376 g/mol. The molecule has 2 aliphatic heterocycles. The van der Waals surface area contributed by atoms with Crippen LogP contribution < -0.4 is 5.73 Å². The zero-order valence-corrected chi connectivity index (χ0v) is 17.5. The number of aromatic nitrogens is 1. The number of aliphatic hydroxyl groups excluding tert-OH is 1. The zero-order valence-electron chi connectivity index (χ0n) is 17.5. The van der Waals surface area contributed by atoms with Crippen molar-refractivity contribution in [3.8, 4) is 0 Å². The second kappa shape index (κ2) is 9.58. The highest BCUT2D eigenvalue weighted by Crippen LogP contribution is 2.32. The first kappa shape index (κ1) is 20.8. The van der Waals surface area contributed by atoms with Gasteiger partial charge in [-0.2, -0.15) is 0 Å². The van der Waals surface area contributed by atoms with Gasteiger partial charge >= 0.3 is 0 Å². The third-order valence-corrected chi connectivity index (χ3v) is 6.63. The lowest BCUT2D eigenvalue weighted by Crippen LogP contribution is -2.45. The molecule has 160 valence electrons. The predicted octanol–water partition coefficient (Wildman–Crippen LogP) is 2.85. The number of hydrogen-bond donors (Lipinski definition) is 2. The molecule has 1 unspecified atom stereocenters. The molecule has 0 bridgehead atoms. The number of carbonyl (C=O) groups excluding carboxylic acids is 1. The van der Waals surface area contributed by atoms with E-state index in [2.05, 4.69) is 9.88 Å². The van der Waals surface area contributed by atoms with Crippen molar-refractivity contribution in [2.45, 2.75) is 38.3 Å². The van der Waals surface area contributed by atoms with E-state index in [0.29, 0.717) is 11.7 Å². The normalized spacial score (nSPS) is 20.2. The molecule has 2 fully saturated rings. The van der Waals surface area contributed by atoms with Crippen molar-refractivity contribution in [1.29, 1.82) is 0 Å². The largest absolute Gasteiger partial charge is 0.388 e. The number of pyridine rings is 1. The number of amides is 1. The van der Waals surface area contributed by atoms with E-state index in [1.165, 1.54) is 5.56 Å². The van der Waals surface area contributed by atoms with Crippen LogP contribution in [-0.4, -0.2) is 52.0 Å². The van der Waals surface area contributed by atoms with Crippen LogP contribution in [0.3, 0.4) is 0 Å². The van der Waals surface area contributed by atoms with Crippen molar-refractivity contribution in [1.82, 2.24) is 14.8 Å². The SMILES string of the molecule is Nc1cc(CN2CCC(C(=O)N3CCC(C(O)c4ccccc4)CC3)CC2)ccn1. The maximum Gasteiger partial charge on any atom is 0.225 e. The van der Waals surface area contributed by atoms with Gasteiger partial charge in [-0.25, -0.2) is 4.98 Å². The van der Waals surface area contributed by atoms with Crippen molar-refractivity contribution in [3.05, 3.63) is 59.8 Å². The molecule has 4 rings (SSSR count). The fourth-order valence-electron chi connectivity index (χ4n) is 4.81. The van der Waals surface area contributed by atoms with Gasteiger partial charge in [0.15, 0.2) is 0 Å². The van der Waals surface area contributed by atoms with Crippen molar-refractivity contribution < 1.29 is 9.90 Å². The molecule has 3 N–H and O–H groups in total. The topological polar surface area (TPSA) is 82.7 Å². The molecule has 3 heterocycles. The van der Waals surface area contributed by atoms with Gasteiger partial charge in [-0.1, -0.05) is 30.3 Å². The predicted molar refractivity (Wildman–Crippen MR) is 117 cm³/mol. The number of nitrogens with zero attached hydrogens (tertiary/aromatic N) is 3. The van der Waals surface area contributed by atoms with E-state index in [4.69, 9.17) is 5.73 Å². The van der Waals surface area contributed by atoms with Crippen molar-refractivity contribution in [2.75, 3.05) is 31.9 Å². The van der Waals surface area contributed by atoms with E-state index in [-0.39, 0.29) is 11.8 Å². The van der Waals surface area contributed by atoms with Crippen molar-refractivity contribution in [3.63, 3.8) is 0 Å². The Morgan fingerprint density at radius 2 is 1.77 bits per heavy atom. The lowest BCUT2D eigenvalue weighted by atomic mass is 9.86. The van der Waals surface area contributed by atoms with E-state index < -0.39 is 6.10 Å². The zero-order chi connectivity index (χ0) is 20.9. The van der Waals surface area contributed by atoms with E-state index >= 15 is 0 Å². The average Bonchev–Trinajstić information content (AvgIpc) is 2.79. The second-order valence-corrected chi connectivity index (χ2v) is 8.66. The maximum atomic E-state index is 13.0. The fourth-order valence-corrected chi connectivity index (χ4v) is 4.81. The van der Waals surface area contributed by atoms with Gasteiger partial charge in [-0.15, -0.1) is 0 Å². The lowest BCUT2D eigenvalue weighted by molar-refractivity contribution is -0.139. The number of likely N-dealkylation sites (tertiary alicyclic amines) is 2. The number of aliphatic hydroxyl groups is 1. The maximum absolute atomic E-state index is 13.0. The molecule has 0 spiro atoms. The number of benzene rings is 1. The molecule has 2 aliphatic rings. The molecule has 1 amide bonds. The van der Waals surface area contributed by atoms with Gasteiger partial charge in [0.1, 0.15) is 5.82 Å². The van der Waals surface area contributed by atoms with E-state index in [0.717, 1.165) is 64.0 Å². The minimum atomic E-state index is -0.436. The summed E-state index contributed by atoms with van der Waals surface area (Å²) >= 11 is 0. The van der Waals surface area contributed by atoms with Gasteiger partial charge in [-0.05, 0) is 68.0 Å². The average molecular weight is 409 g/mol. The molecule has 6 nitrogen and oxygen atoms in total. The third kappa shape index (κ3) is 4.99. The monoisotopic (exact) mass is 408 g/mol. The van der Waals surface area contributed by atoms with Gasteiger partial charge < -0.3 is 15.7 Å². The summed E-state index contributed by atoms with van der Waals surface area (Å²) in [4.78, 5) is 21.5. The van der Waals surface area contributed by atoms with E-state index in [1.807, 2.05) is 47.4 Å². The Kier molecular flexibility index (Phi) is 6.65. The summed E-state index contributed by atoms with van der Waals surface area (Å²) in [6.07, 6.45) is 4.86. The first-order chi connectivity index (χ1) is 14.6. The highest BCUT2D eigenvalue weighted by molar-refractivity contribution is 5.79. The molecule has 0 aliphatic carbocycles. The molecule has 0 saturated carbocycles. The Morgan fingerprint density at radius 3 is 2.43 bits per heavy atom. The Labute approximate surface area is 178 Å². The fraction of sp³-hybridized carbons (Fsp3) is 0.500. The van der Waals surface area contributed by atoms with Crippen LogP contribution in [0, 0.1) is 11.8 Å². The van der Waals surface area contributed by atoms with Gasteiger partial charge in [0.25, 0.3) is 0 Å². The third-order valence-electron chi connectivity index (χ3n) is 6.63. The number of carbonyl (C=O) groups is 1. The van der Waals surface area contributed by atoms with Crippen LogP contribution >= 0.6 is 0 Å². The number of anilines is 1. The molecule has 1 atom stereocenters. The highest BCUT2D eigenvalue weighted by atomic mass is 16.3. The first-order valence-corrected chi connectivity index (χ1v) is 11.0. The van der Waals surface area contributed by atoms with Crippen LogP contribution in [0.2, 0.25) is 0 Å². The quantitative estimate of drug-likeness (QED) is 0.795. The Bertz CT molecular complexity index is 828. The molecule has 1 aromatic carbocycles. The van der Waals surface area contributed by atoms with Crippen molar-refractivity contribution in [2.24, 2.45) is 11.8 Å². The van der Waals surface area contributed by atoms with Crippen molar-refractivity contribution >= 4 is 11.7 Å². The second-order valence-electron chi connectivity index (χ2n) is 8.66. The minimum Gasteiger partial charge on any atom is -0.388 e. The number of nitrogens with two attached hydrogens (primary N) is 1. The van der Waals surface area contributed by atoms with Crippen LogP contribution in [0.1, 0.15) is 42.9 Å². The standard InChI is InChI=1S/C24H32N4O2/c25-22-16-18(6-11-26-22)17-27-12-7-21(8-13-27)24(30)28-14-9-20(10-15-28)23(29)19-4-2-1-3-5-19/h1-6,11,16,20-21,23,29H,7-10,12-15,17H2,(H2,25,26). The summed E-state index contributed by atoms with van der Waals surface area (Å²) in [6, 6.07) is 13.8. The van der Waals surface area contributed by atoms with Crippen LogP contribution in [-0.2, 0) is 11.3 Å². The molecule has 30 heavy (non-hydrogen) atoms. The summed E-state index contributed by atoms with van der Waals surface area (Å²) in [7, 11) is 0. The number of nitrogen functional groups attached to an aromatic ring is 1. The lowest BCUT2D eigenvalue weighted by Gasteiger charge is -2.38. The van der Waals surface area contributed by atoms with Crippen LogP contribution in [0.4, 0.5) is 5.82 Å². The number of hydrogen-bond acceptors (Lipinski definition) is 5. The summed E-state index contributed by atoms with van der Waals surface area (Å²) in [5.74, 6) is 1.21. The summed E-state index contributed by atoms with van der Waals surface area (Å²) in [5, 5.41) is 10.7. The van der Waals surface area contributed by atoms with E-state index in [9.17, 15) is 9.90 Å². The van der Waals surface area contributed by atoms with Gasteiger partial charge in [-0.3, -0.25) is 9.69 Å². The first-order valence-electron chi connectivity index (χ1n) is 11.0. The van der Waals surface area contributed by atoms with Gasteiger partial charge in [0.05, 0.1) is 6.10 Å². The molecule has 2 saturated heterocycles.